The number of carbonyl (C=O) groups excluding carboxylic acids is 2. The summed E-state index contributed by atoms with van der Waals surface area (Å²) in [7, 11) is 1.55. The minimum atomic E-state index is -0.770. The highest BCUT2D eigenvalue weighted by molar-refractivity contribution is 5.95. The number of nitrogens with one attached hydrogen (secondary N) is 2. The fourth-order valence-corrected chi connectivity index (χ4v) is 4.35. The van der Waals surface area contributed by atoms with Crippen molar-refractivity contribution in [1.29, 1.82) is 5.26 Å². The van der Waals surface area contributed by atoms with Gasteiger partial charge in [-0.15, -0.1) is 5.10 Å². The van der Waals surface area contributed by atoms with Gasteiger partial charge in [-0.05, 0) is 42.7 Å². The van der Waals surface area contributed by atoms with Crippen molar-refractivity contribution in [2.75, 3.05) is 7.05 Å². The maximum Gasteiger partial charge on any atom is 0.242 e. The lowest BCUT2D eigenvalue weighted by molar-refractivity contribution is -0.130. The van der Waals surface area contributed by atoms with E-state index in [1.807, 2.05) is 54.6 Å². The molecular weight excluding hydrogens is 466 g/mol. The molecule has 37 heavy (non-hydrogen) atoms. The summed E-state index contributed by atoms with van der Waals surface area (Å²) in [6.45, 7) is 0. The summed E-state index contributed by atoms with van der Waals surface area (Å²) in [5, 5.41) is 23.0. The molecule has 0 radical (unpaired) electrons. The predicted molar refractivity (Wildman–Crippen MR) is 136 cm³/mol. The van der Waals surface area contributed by atoms with E-state index < -0.39 is 11.5 Å². The van der Waals surface area contributed by atoms with Crippen LogP contribution in [0.25, 0.3) is 16.9 Å². The molecule has 1 aliphatic carbocycles. The molecule has 5 rings (SSSR count). The topological polar surface area (TPSA) is 126 Å². The number of hydrogen-bond donors (Lipinski definition) is 2. The van der Waals surface area contributed by atoms with Gasteiger partial charge in [0.05, 0.1) is 34.3 Å². The van der Waals surface area contributed by atoms with Gasteiger partial charge in [0.1, 0.15) is 12.1 Å². The van der Waals surface area contributed by atoms with Gasteiger partial charge in [-0.25, -0.2) is 4.68 Å². The number of nitrogens with zero attached hydrogens (tertiary/aromatic N) is 5. The number of nitriles is 1. The highest BCUT2D eigenvalue weighted by atomic mass is 16.2. The summed E-state index contributed by atoms with van der Waals surface area (Å²) >= 11 is 0. The van der Waals surface area contributed by atoms with Crippen LogP contribution in [0.4, 0.5) is 0 Å². The van der Waals surface area contributed by atoms with E-state index in [2.05, 4.69) is 32.0 Å². The summed E-state index contributed by atoms with van der Waals surface area (Å²) in [5.41, 5.74) is 3.94. The monoisotopic (exact) mass is 491 g/mol. The Bertz CT molecular complexity index is 1450. The van der Waals surface area contributed by atoms with Crippen LogP contribution >= 0.6 is 0 Å². The molecule has 2 aromatic carbocycles. The Morgan fingerprint density at radius 1 is 1.08 bits per heavy atom. The normalized spacial score (nSPS) is 14.3. The molecule has 1 atom stereocenters. The van der Waals surface area contributed by atoms with Gasteiger partial charge in [-0.1, -0.05) is 47.7 Å². The summed E-state index contributed by atoms with van der Waals surface area (Å²) in [5.74, 6) is -0.433. The van der Waals surface area contributed by atoms with E-state index in [0.29, 0.717) is 11.3 Å². The van der Waals surface area contributed by atoms with Crippen LogP contribution in [0.3, 0.4) is 0 Å². The van der Waals surface area contributed by atoms with E-state index in [4.69, 9.17) is 5.26 Å². The van der Waals surface area contributed by atoms with Gasteiger partial charge in [0.2, 0.25) is 11.8 Å². The first kappa shape index (κ1) is 23.9. The molecule has 0 spiro atoms. The lowest BCUT2D eigenvalue weighted by Crippen LogP contribution is -2.50. The molecule has 1 unspecified atom stereocenters. The zero-order valence-electron chi connectivity index (χ0n) is 20.3. The van der Waals surface area contributed by atoms with E-state index >= 15 is 0 Å². The number of amides is 2. The Labute approximate surface area is 214 Å². The van der Waals surface area contributed by atoms with Gasteiger partial charge in [0, 0.05) is 25.2 Å². The molecule has 2 heterocycles. The van der Waals surface area contributed by atoms with Crippen molar-refractivity contribution in [3.05, 3.63) is 95.9 Å². The molecule has 1 fully saturated rings. The van der Waals surface area contributed by atoms with Gasteiger partial charge in [-0.3, -0.25) is 14.6 Å². The van der Waals surface area contributed by atoms with Crippen LogP contribution in [0.15, 0.2) is 79.1 Å². The summed E-state index contributed by atoms with van der Waals surface area (Å²) in [6.07, 6.45) is 5.02. The molecule has 0 bridgehead atoms. The number of rotatable bonds is 8. The van der Waals surface area contributed by atoms with Crippen LogP contribution in [0.2, 0.25) is 0 Å². The van der Waals surface area contributed by atoms with E-state index in [-0.39, 0.29) is 18.2 Å². The fourth-order valence-electron chi connectivity index (χ4n) is 4.35. The van der Waals surface area contributed by atoms with E-state index in [0.717, 1.165) is 35.3 Å². The van der Waals surface area contributed by atoms with Crippen LogP contribution in [0, 0.1) is 11.3 Å². The Hall–Kier alpha value is -4.84. The zero-order valence-corrected chi connectivity index (χ0v) is 20.3. The van der Waals surface area contributed by atoms with Crippen molar-refractivity contribution in [3.8, 4) is 23.0 Å². The maximum atomic E-state index is 13.2. The lowest BCUT2D eigenvalue weighted by Gasteiger charge is -2.21. The fraction of sp³-hybridized carbons (Fsp3) is 0.214. The Balaban J connectivity index is 1.29. The molecule has 2 amide bonds. The van der Waals surface area contributed by atoms with Crippen molar-refractivity contribution in [3.63, 3.8) is 0 Å². The maximum absolute atomic E-state index is 13.2. The molecule has 0 aliphatic heterocycles. The smallest absolute Gasteiger partial charge is 0.242 e. The molecule has 4 aromatic rings. The Kier molecular flexibility index (Phi) is 6.47. The standard InChI is InChI=1S/C28H25N7O2/c1-30-26(36)25(32-27(37)28(13-14-28)21-5-3-2-4-6-21)15-22-18-35(34-33-22)23-10-8-20(9-11-23)24-12-7-19(16-29)17-31-24/h2-12,17-18,25H,13-15H2,1H3,(H,30,36)(H,32,37). The first-order valence-corrected chi connectivity index (χ1v) is 12.0. The van der Waals surface area contributed by atoms with Crippen molar-refractivity contribution in [1.82, 2.24) is 30.6 Å². The van der Waals surface area contributed by atoms with E-state index in [9.17, 15) is 9.59 Å². The quantitative estimate of drug-likeness (QED) is 0.390. The van der Waals surface area contributed by atoms with E-state index in [1.165, 1.54) is 0 Å². The first-order valence-electron chi connectivity index (χ1n) is 12.0. The molecular formula is C28H25N7O2. The molecule has 1 aliphatic rings. The largest absolute Gasteiger partial charge is 0.357 e. The van der Waals surface area contributed by atoms with Crippen LogP contribution in [-0.4, -0.2) is 44.9 Å². The summed E-state index contributed by atoms with van der Waals surface area (Å²) in [4.78, 5) is 30.1. The first-order chi connectivity index (χ1) is 18.0. The van der Waals surface area contributed by atoms with Crippen molar-refractivity contribution in [2.45, 2.75) is 30.7 Å². The van der Waals surface area contributed by atoms with E-state index in [1.54, 1.807) is 36.3 Å². The highest BCUT2D eigenvalue weighted by Gasteiger charge is 2.51. The van der Waals surface area contributed by atoms with Gasteiger partial charge >= 0.3 is 0 Å². The molecule has 1 saturated carbocycles. The minimum Gasteiger partial charge on any atom is -0.357 e. The van der Waals surface area contributed by atoms with Crippen LogP contribution in [0.1, 0.15) is 29.7 Å². The highest BCUT2D eigenvalue weighted by Crippen LogP contribution is 2.48. The second-order valence-corrected chi connectivity index (χ2v) is 9.04. The number of pyridine rings is 1. The van der Waals surface area contributed by atoms with Gasteiger partial charge < -0.3 is 10.6 Å². The Morgan fingerprint density at radius 3 is 2.46 bits per heavy atom. The predicted octanol–water partition coefficient (Wildman–Crippen LogP) is 2.71. The Morgan fingerprint density at radius 2 is 1.84 bits per heavy atom. The molecule has 0 saturated heterocycles. The lowest BCUT2D eigenvalue weighted by atomic mass is 9.94. The van der Waals surface area contributed by atoms with Crippen LogP contribution < -0.4 is 10.6 Å². The molecule has 184 valence electrons. The number of likely N-dealkylation sites (N-methyl/N-ethyl adjacent to an activating group) is 1. The van der Waals surface area contributed by atoms with Crippen LogP contribution in [0.5, 0.6) is 0 Å². The number of benzene rings is 2. The average molecular weight is 492 g/mol. The third kappa shape index (κ3) is 4.95. The molecule has 2 aromatic heterocycles. The third-order valence-electron chi connectivity index (χ3n) is 6.65. The van der Waals surface area contributed by atoms with Crippen molar-refractivity contribution < 1.29 is 9.59 Å². The number of carbonyl (C=O) groups is 2. The number of hydrogen-bond acceptors (Lipinski definition) is 6. The zero-order chi connectivity index (χ0) is 25.8. The molecule has 9 heteroatoms. The number of aromatic nitrogens is 4. The molecule has 9 nitrogen and oxygen atoms in total. The molecule has 2 N–H and O–H groups in total. The van der Waals surface area contributed by atoms with Gasteiger partial charge in [0.15, 0.2) is 0 Å². The van der Waals surface area contributed by atoms with Crippen molar-refractivity contribution >= 4 is 11.8 Å². The average Bonchev–Trinajstić information content (AvgIpc) is 3.65. The minimum absolute atomic E-state index is 0.147. The summed E-state index contributed by atoms with van der Waals surface area (Å²) < 4.78 is 1.63. The second kappa shape index (κ2) is 10.0. The SMILES string of the molecule is CNC(=O)C(Cc1cn(-c2ccc(-c3ccc(C#N)cn3)cc2)nn1)NC(=O)C1(c2ccccc2)CC1. The van der Waals surface area contributed by atoms with Crippen LogP contribution in [-0.2, 0) is 21.4 Å². The van der Waals surface area contributed by atoms with Gasteiger partial charge in [-0.2, -0.15) is 5.26 Å². The third-order valence-corrected chi connectivity index (χ3v) is 6.65. The second-order valence-electron chi connectivity index (χ2n) is 9.04. The van der Waals surface area contributed by atoms with Crippen molar-refractivity contribution in [2.24, 2.45) is 0 Å². The summed E-state index contributed by atoms with van der Waals surface area (Å²) in [6, 6.07) is 22.1. The van der Waals surface area contributed by atoms with Gasteiger partial charge in [0.25, 0.3) is 0 Å².